The van der Waals surface area contributed by atoms with E-state index in [-0.39, 0.29) is 56.2 Å². The molecule has 0 aromatic heterocycles. The molecule has 0 aromatic carbocycles. The summed E-state index contributed by atoms with van der Waals surface area (Å²) in [6.07, 6.45) is 1.21. The number of rotatable bonds is 23. The molecule has 0 fully saturated rings. The lowest BCUT2D eigenvalue weighted by Gasteiger charge is -2.31. The summed E-state index contributed by atoms with van der Waals surface area (Å²) in [5.41, 5.74) is -1.87. The monoisotopic (exact) mass is 664 g/mol. The van der Waals surface area contributed by atoms with Gasteiger partial charge in [0.2, 0.25) is 23.6 Å². The van der Waals surface area contributed by atoms with Gasteiger partial charge in [-0.1, -0.05) is 24.6 Å². The molecule has 4 amide bonds. The number of carbonyl (C=O) groups excluding carboxylic acids is 5. The first kappa shape index (κ1) is 41.6. The summed E-state index contributed by atoms with van der Waals surface area (Å²) in [6, 6.07) is -0.357. The number of carboxylic acid groups (broad SMARTS) is 1. The van der Waals surface area contributed by atoms with Crippen molar-refractivity contribution in [1.29, 1.82) is 0 Å². The van der Waals surface area contributed by atoms with E-state index < -0.39 is 39.7 Å². The number of carbonyl (C=O) groups is 6. The molecular formula is C29H52N4O9S2. The molecule has 0 aliphatic rings. The third-order valence-electron chi connectivity index (χ3n) is 6.61. The lowest BCUT2D eigenvalue weighted by Crippen LogP contribution is -2.45. The van der Waals surface area contributed by atoms with Crippen LogP contribution in [0.1, 0.15) is 87.5 Å². The molecule has 0 saturated carbocycles. The Kier molecular flexibility index (Phi) is 18.8. The van der Waals surface area contributed by atoms with Gasteiger partial charge in [0.15, 0.2) is 0 Å². The Morgan fingerprint density at radius 1 is 0.841 bits per heavy atom. The summed E-state index contributed by atoms with van der Waals surface area (Å²) >= 11 is 3.99. The van der Waals surface area contributed by atoms with E-state index >= 15 is 0 Å². The molecule has 13 nitrogen and oxygen atoms in total. The van der Waals surface area contributed by atoms with E-state index in [1.807, 2.05) is 27.7 Å². The van der Waals surface area contributed by atoms with Crippen LogP contribution in [0.5, 0.6) is 0 Å². The average molecular weight is 665 g/mol. The van der Waals surface area contributed by atoms with Crippen molar-refractivity contribution in [3.63, 3.8) is 0 Å². The third kappa shape index (κ3) is 19.8. The number of carboxylic acids is 1. The summed E-state index contributed by atoms with van der Waals surface area (Å²) in [5.74, 6) is -2.64. The largest absolute Gasteiger partial charge is 0.481 e. The van der Waals surface area contributed by atoms with Gasteiger partial charge in [-0.15, -0.1) is 11.7 Å². The fraction of sp³-hybridized carbons (Fsp3) is 0.793. The SMILES string of the molecule is CC(=O)CNC(=O)CNC(=O)CCOC(C)(C)CCOC(C)(C)CCNC(=O)C(C)(C)CC(C)NC(=O)C(CC(=O)O)SS. The number of ether oxygens (including phenoxy) is 2. The molecule has 2 unspecified atom stereocenters. The highest BCUT2D eigenvalue weighted by molar-refractivity contribution is 8.69. The third-order valence-corrected chi connectivity index (χ3v) is 8.01. The maximum atomic E-state index is 12.9. The van der Waals surface area contributed by atoms with Crippen molar-refractivity contribution in [2.75, 3.05) is 32.8 Å². The summed E-state index contributed by atoms with van der Waals surface area (Å²) in [5, 5.41) is 18.7. The molecule has 0 aromatic rings. The number of ketones is 1. The number of hydrogen-bond donors (Lipinski definition) is 6. The molecule has 15 heteroatoms. The number of amides is 4. The Morgan fingerprint density at radius 3 is 1.98 bits per heavy atom. The van der Waals surface area contributed by atoms with Crippen LogP contribution in [0, 0.1) is 5.41 Å². The molecule has 2 atom stereocenters. The lowest BCUT2D eigenvalue weighted by molar-refractivity contribution is -0.138. The maximum Gasteiger partial charge on any atom is 0.305 e. The standard InChI is InChI=1S/C29H52N4O9S2/c1-19(33-25(39)21(44-43)15-24(37)38)16-27(3,4)26(40)30-12-10-28(5,6)42-14-11-29(7,8)41-13-9-22(35)32-18-23(36)31-17-20(2)34/h19,21,43H,9-18H2,1-8H3,(H,30,40)(H,31,36)(H,32,35)(H,33,39)(H,37,38). The molecule has 0 radical (unpaired) electrons. The van der Waals surface area contributed by atoms with Crippen molar-refractivity contribution in [2.24, 2.45) is 5.41 Å². The minimum absolute atomic E-state index is 0.0733. The van der Waals surface area contributed by atoms with Crippen LogP contribution in [0.25, 0.3) is 0 Å². The van der Waals surface area contributed by atoms with Crippen LogP contribution >= 0.6 is 22.5 Å². The quantitative estimate of drug-likeness (QED) is 0.0697. The molecule has 0 spiro atoms. The molecule has 44 heavy (non-hydrogen) atoms. The molecule has 0 heterocycles. The molecule has 254 valence electrons. The van der Waals surface area contributed by atoms with E-state index in [1.54, 1.807) is 20.8 Å². The van der Waals surface area contributed by atoms with Crippen molar-refractivity contribution >= 4 is 57.8 Å². The van der Waals surface area contributed by atoms with Gasteiger partial charge in [-0.3, -0.25) is 28.8 Å². The minimum atomic E-state index is -1.09. The highest BCUT2D eigenvalue weighted by Gasteiger charge is 2.32. The Balaban J connectivity index is 4.44. The first-order valence-corrected chi connectivity index (χ1v) is 16.5. The Morgan fingerprint density at radius 2 is 1.41 bits per heavy atom. The summed E-state index contributed by atoms with van der Waals surface area (Å²) < 4.78 is 11.9. The van der Waals surface area contributed by atoms with E-state index in [9.17, 15) is 28.8 Å². The number of nitrogens with one attached hydrogen (secondary N) is 4. The van der Waals surface area contributed by atoms with Crippen LogP contribution in [-0.2, 0) is 38.2 Å². The van der Waals surface area contributed by atoms with Gasteiger partial charge in [-0.25, -0.2) is 0 Å². The number of aliphatic carboxylic acids is 1. The second kappa shape index (κ2) is 19.9. The average Bonchev–Trinajstić information content (AvgIpc) is 2.88. The van der Waals surface area contributed by atoms with Gasteiger partial charge in [0.05, 0.1) is 43.9 Å². The van der Waals surface area contributed by atoms with Crippen molar-refractivity contribution in [3.8, 4) is 0 Å². The summed E-state index contributed by atoms with van der Waals surface area (Å²) in [6.45, 7) is 15.0. The Labute approximate surface area is 270 Å². The maximum absolute atomic E-state index is 12.9. The van der Waals surface area contributed by atoms with Gasteiger partial charge >= 0.3 is 5.97 Å². The van der Waals surface area contributed by atoms with Gasteiger partial charge in [0.25, 0.3) is 0 Å². The van der Waals surface area contributed by atoms with Gasteiger partial charge in [0, 0.05) is 24.4 Å². The van der Waals surface area contributed by atoms with Crippen LogP contribution in [0.2, 0.25) is 0 Å². The normalized spacial score (nSPS) is 13.4. The zero-order chi connectivity index (χ0) is 34.1. The fourth-order valence-electron chi connectivity index (χ4n) is 3.99. The first-order valence-electron chi connectivity index (χ1n) is 14.6. The van der Waals surface area contributed by atoms with Gasteiger partial charge < -0.3 is 35.8 Å². The number of thiol groups is 1. The highest BCUT2D eigenvalue weighted by atomic mass is 33.1. The first-order chi connectivity index (χ1) is 20.2. The van der Waals surface area contributed by atoms with Crippen LogP contribution in [-0.4, -0.2) is 95.8 Å². The second-order valence-corrected chi connectivity index (χ2v) is 14.1. The molecule has 0 saturated heterocycles. The second-order valence-electron chi connectivity index (χ2n) is 12.7. The molecule has 0 bridgehead atoms. The molecule has 5 N–H and O–H groups in total. The number of Topliss-reactive ketones (excluding diaryl/α,β-unsaturated/α-hetero) is 1. The van der Waals surface area contributed by atoms with Crippen LogP contribution in [0.4, 0.5) is 0 Å². The van der Waals surface area contributed by atoms with E-state index in [0.717, 1.165) is 10.8 Å². The minimum Gasteiger partial charge on any atom is -0.481 e. The van der Waals surface area contributed by atoms with E-state index in [0.29, 0.717) is 32.4 Å². The molecular weight excluding hydrogens is 612 g/mol. The van der Waals surface area contributed by atoms with E-state index in [1.165, 1.54) is 6.92 Å². The lowest BCUT2D eigenvalue weighted by atomic mass is 9.85. The van der Waals surface area contributed by atoms with E-state index in [4.69, 9.17) is 14.6 Å². The Hall–Kier alpha value is -2.36. The predicted octanol–water partition coefficient (Wildman–Crippen LogP) is 2.03. The smallest absolute Gasteiger partial charge is 0.305 e. The van der Waals surface area contributed by atoms with Crippen molar-refractivity contribution in [2.45, 2.75) is 110 Å². The van der Waals surface area contributed by atoms with Crippen molar-refractivity contribution in [1.82, 2.24) is 21.3 Å². The highest BCUT2D eigenvalue weighted by Crippen LogP contribution is 2.25. The van der Waals surface area contributed by atoms with Crippen molar-refractivity contribution < 1.29 is 43.3 Å². The van der Waals surface area contributed by atoms with Gasteiger partial charge in [-0.05, 0) is 60.8 Å². The van der Waals surface area contributed by atoms with Crippen LogP contribution < -0.4 is 21.3 Å². The summed E-state index contributed by atoms with van der Waals surface area (Å²) in [7, 11) is 0.871. The van der Waals surface area contributed by atoms with E-state index in [2.05, 4.69) is 32.9 Å². The zero-order valence-electron chi connectivity index (χ0n) is 27.3. The van der Waals surface area contributed by atoms with Crippen LogP contribution in [0.3, 0.4) is 0 Å². The fourth-order valence-corrected chi connectivity index (χ4v) is 4.88. The molecule has 0 aliphatic heterocycles. The van der Waals surface area contributed by atoms with Gasteiger partial charge in [0.1, 0.15) is 11.0 Å². The topological polar surface area (TPSA) is 189 Å². The number of hydrogen-bond acceptors (Lipinski definition) is 10. The molecule has 0 rings (SSSR count). The summed E-state index contributed by atoms with van der Waals surface area (Å²) in [4.78, 5) is 70.6. The Bertz CT molecular complexity index is 990. The van der Waals surface area contributed by atoms with Crippen LogP contribution in [0.15, 0.2) is 0 Å². The van der Waals surface area contributed by atoms with Crippen molar-refractivity contribution in [3.05, 3.63) is 0 Å². The molecule has 0 aliphatic carbocycles. The zero-order valence-corrected chi connectivity index (χ0v) is 29.0. The predicted molar refractivity (Wildman–Crippen MR) is 172 cm³/mol. The van der Waals surface area contributed by atoms with Gasteiger partial charge in [-0.2, -0.15) is 0 Å².